The normalized spacial score (nSPS) is 16.0. The van der Waals surface area contributed by atoms with Gasteiger partial charge in [-0.2, -0.15) is 0 Å². The van der Waals surface area contributed by atoms with Crippen LogP contribution in [0.25, 0.3) is 0 Å². The van der Waals surface area contributed by atoms with Crippen molar-refractivity contribution in [3.63, 3.8) is 0 Å². The van der Waals surface area contributed by atoms with Crippen LogP contribution in [0.2, 0.25) is 0 Å². The third-order valence-corrected chi connectivity index (χ3v) is 4.83. The zero-order valence-corrected chi connectivity index (χ0v) is 14.1. The number of hydrogen-bond acceptors (Lipinski definition) is 2. The minimum absolute atomic E-state index is 0.326. The van der Waals surface area contributed by atoms with Crippen LogP contribution in [0.3, 0.4) is 0 Å². The topological polar surface area (TPSA) is 32.3 Å². The van der Waals surface area contributed by atoms with E-state index in [2.05, 4.69) is 41.4 Å². The van der Waals surface area contributed by atoms with Gasteiger partial charge in [0.15, 0.2) is 0 Å². The van der Waals surface area contributed by atoms with Crippen LogP contribution in [0.5, 0.6) is 0 Å². The van der Waals surface area contributed by atoms with Gasteiger partial charge in [-0.3, -0.25) is 4.79 Å². The monoisotopic (exact) mass is 302 g/mol. The molecule has 22 heavy (non-hydrogen) atoms. The van der Waals surface area contributed by atoms with Crippen LogP contribution in [0.1, 0.15) is 43.7 Å². The summed E-state index contributed by atoms with van der Waals surface area (Å²) >= 11 is 0. The van der Waals surface area contributed by atoms with Gasteiger partial charge in [0.2, 0.25) is 5.91 Å². The molecule has 1 aliphatic rings. The van der Waals surface area contributed by atoms with E-state index in [1.165, 1.54) is 30.4 Å². The van der Waals surface area contributed by atoms with Gasteiger partial charge in [-0.05, 0) is 62.7 Å². The first-order chi connectivity index (χ1) is 10.7. The van der Waals surface area contributed by atoms with Gasteiger partial charge in [-0.25, -0.2) is 0 Å². The molecule has 0 bridgehead atoms. The van der Waals surface area contributed by atoms with Crippen LogP contribution in [0.4, 0.5) is 0 Å². The number of carbonyl (C=O) groups is 1. The van der Waals surface area contributed by atoms with E-state index in [0.29, 0.717) is 12.3 Å². The summed E-state index contributed by atoms with van der Waals surface area (Å²) in [6, 6.07) is 8.67. The Bertz CT molecular complexity index is 447. The lowest BCUT2D eigenvalue weighted by molar-refractivity contribution is -0.132. The highest BCUT2D eigenvalue weighted by molar-refractivity contribution is 5.76. The lowest BCUT2D eigenvalue weighted by Crippen LogP contribution is -2.39. The fourth-order valence-corrected chi connectivity index (χ4v) is 3.17. The molecule has 1 amide bonds. The Labute approximate surface area is 135 Å². The maximum absolute atomic E-state index is 12.3. The Morgan fingerprint density at radius 3 is 2.41 bits per heavy atom. The van der Waals surface area contributed by atoms with Crippen molar-refractivity contribution in [1.29, 1.82) is 0 Å². The fourth-order valence-electron chi connectivity index (χ4n) is 3.17. The van der Waals surface area contributed by atoms with Crippen molar-refractivity contribution in [2.75, 3.05) is 26.7 Å². The molecule has 3 nitrogen and oxygen atoms in total. The summed E-state index contributed by atoms with van der Waals surface area (Å²) in [6.07, 6.45) is 6.15. The Morgan fingerprint density at radius 2 is 1.82 bits per heavy atom. The highest BCUT2D eigenvalue weighted by atomic mass is 16.2. The van der Waals surface area contributed by atoms with E-state index in [4.69, 9.17) is 0 Å². The molecule has 122 valence electrons. The number of piperidine rings is 1. The number of amides is 1. The van der Waals surface area contributed by atoms with Gasteiger partial charge in [0.05, 0.1) is 0 Å². The molecule has 3 heteroatoms. The number of likely N-dealkylation sites (tertiary alicyclic amines) is 1. The van der Waals surface area contributed by atoms with Gasteiger partial charge in [-0.15, -0.1) is 0 Å². The third-order valence-electron chi connectivity index (χ3n) is 4.83. The molecule has 1 aromatic carbocycles. The number of nitrogens with one attached hydrogen (secondary N) is 1. The van der Waals surface area contributed by atoms with Crippen LogP contribution in [-0.2, 0) is 17.6 Å². The van der Waals surface area contributed by atoms with Gasteiger partial charge >= 0.3 is 0 Å². The van der Waals surface area contributed by atoms with E-state index in [-0.39, 0.29) is 0 Å². The minimum Gasteiger partial charge on any atom is -0.343 e. The summed E-state index contributed by atoms with van der Waals surface area (Å²) in [6.45, 7) is 5.15. The molecule has 0 aromatic heterocycles. The second-order valence-corrected chi connectivity index (χ2v) is 6.39. The predicted octanol–water partition coefficient (Wildman–Crippen LogP) is 3.03. The summed E-state index contributed by atoms with van der Waals surface area (Å²) in [5.74, 6) is 1.12. The smallest absolute Gasteiger partial charge is 0.222 e. The van der Waals surface area contributed by atoms with E-state index in [9.17, 15) is 4.79 Å². The molecule has 0 aliphatic carbocycles. The van der Waals surface area contributed by atoms with Crippen LogP contribution >= 0.6 is 0 Å². The maximum Gasteiger partial charge on any atom is 0.222 e. The zero-order valence-electron chi connectivity index (χ0n) is 14.1. The van der Waals surface area contributed by atoms with Crippen molar-refractivity contribution in [2.24, 2.45) is 5.92 Å². The van der Waals surface area contributed by atoms with Gasteiger partial charge in [-0.1, -0.05) is 31.2 Å². The maximum atomic E-state index is 12.3. The molecule has 0 unspecified atom stereocenters. The molecule has 1 fully saturated rings. The van der Waals surface area contributed by atoms with Crippen LogP contribution in [0.15, 0.2) is 24.3 Å². The van der Waals surface area contributed by atoms with Crippen molar-refractivity contribution in [1.82, 2.24) is 10.2 Å². The van der Waals surface area contributed by atoms with Crippen LogP contribution < -0.4 is 5.32 Å². The van der Waals surface area contributed by atoms with Crippen molar-refractivity contribution in [2.45, 2.75) is 45.4 Å². The SMILES string of the molecule is CCc1ccc(CCC(=O)N2CCC(CCNC)CC2)cc1. The molecule has 1 saturated heterocycles. The molecule has 2 rings (SSSR count). The highest BCUT2D eigenvalue weighted by Gasteiger charge is 2.22. The Hall–Kier alpha value is -1.35. The molecule has 0 atom stereocenters. The van der Waals surface area contributed by atoms with E-state index in [0.717, 1.165) is 38.4 Å². The van der Waals surface area contributed by atoms with Gasteiger partial charge < -0.3 is 10.2 Å². The first-order valence-electron chi connectivity index (χ1n) is 8.73. The molecule has 1 N–H and O–H groups in total. The van der Waals surface area contributed by atoms with E-state index in [1.807, 2.05) is 7.05 Å². The Balaban J connectivity index is 1.71. The minimum atomic E-state index is 0.326. The molecule has 1 heterocycles. The van der Waals surface area contributed by atoms with Crippen molar-refractivity contribution >= 4 is 5.91 Å². The third kappa shape index (κ3) is 5.13. The lowest BCUT2D eigenvalue weighted by atomic mass is 9.93. The number of aryl methyl sites for hydroxylation is 2. The number of carbonyl (C=O) groups excluding carboxylic acids is 1. The van der Waals surface area contributed by atoms with E-state index >= 15 is 0 Å². The highest BCUT2D eigenvalue weighted by Crippen LogP contribution is 2.20. The summed E-state index contributed by atoms with van der Waals surface area (Å²) in [7, 11) is 2.01. The largest absolute Gasteiger partial charge is 0.343 e. The van der Waals surface area contributed by atoms with Crippen LogP contribution in [-0.4, -0.2) is 37.5 Å². The second-order valence-electron chi connectivity index (χ2n) is 6.39. The van der Waals surface area contributed by atoms with Crippen molar-refractivity contribution < 1.29 is 4.79 Å². The van der Waals surface area contributed by atoms with E-state index in [1.54, 1.807) is 0 Å². The molecular weight excluding hydrogens is 272 g/mol. The van der Waals surface area contributed by atoms with Crippen molar-refractivity contribution in [3.8, 4) is 0 Å². The number of rotatable bonds is 7. The van der Waals surface area contributed by atoms with Gasteiger partial charge in [0.1, 0.15) is 0 Å². The fraction of sp³-hybridized carbons (Fsp3) is 0.632. The van der Waals surface area contributed by atoms with E-state index < -0.39 is 0 Å². The molecule has 1 aromatic rings. The second kappa shape index (κ2) is 8.94. The molecular formula is C19H30N2O. The zero-order chi connectivity index (χ0) is 15.8. The average molecular weight is 302 g/mol. The Morgan fingerprint density at radius 1 is 1.18 bits per heavy atom. The standard InChI is InChI=1S/C19H30N2O/c1-3-16-4-6-17(7-5-16)8-9-19(22)21-14-11-18(12-15-21)10-13-20-2/h4-7,18,20H,3,8-15H2,1-2H3. The Kier molecular flexibility index (Phi) is 6.91. The summed E-state index contributed by atoms with van der Waals surface area (Å²) in [5, 5.41) is 3.21. The first-order valence-corrected chi connectivity index (χ1v) is 8.73. The lowest BCUT2D eigenvalue weighted by Gasteiger charge is -2.32. The average Bonchev–Trinajstić information content (AvgIpc) is 2.58. The number of hydrogen-bond donors (Lipinski definition) is 1. The molecule has 0 saturated carbocycles. The first kappa shape index (κ1) is 17.0. The number of benzene rings is 1. The molecule has 0 radical (unpaired) electrons. The summed E-state index contributed by atoms with van der Waals surface area (Å²) < 4.78 is 0. The van der Waals surface area contributed by atoms with Crippen LogP contribution in [0, 0.1) is 5.92 Å². The predicted molar refractivity (Wildman–Crippen MR) is 92.0 cm³/mol. The summed E-state index contributed by atoms with van der Waals surface area (Å²) in [4.78, 5) is 14.4. The van der Waals surface area contributed by atoms with Gasteiger partial charge in [0.25, 0.3) is 0 Å². The quantitative estimate of drug-likeness (QED) is 0.839. The van der Waals surface area contributed by atoms with Crippen molar-refractivity contribution in [3.05, 3.63) is 35.4 Å². The summed E-state index contributed by atoms with van der Waals surface area (Å²) in [5.41, 5.74) is 2.63. The molecule has 0 spiro atoms. The number of nitrogens with zero attached hydrogens (tertiary/aromatic N) is 1. The molecule has 1 aliphatic heterocycles. The van der Waals surface area contributed by atoms with Gasteiger partial charge in [0, 0.05) is 19.5 Å².